The van der Waals surface area contributed by atoms with Gasteiger partial charge in [0.25, 0.3) is 0 Å². The number of hydrogen-bond acceptors (Lipinski definition) is 2. The summed E-state index contributed by atoms with van der Waals surface area (Å²) in [5.41, 5.74) is 4.96. The van der Waals surface area contributed by atoms with Crippen LogP contribution < -0.4 is 5.32 Å². The lowest BCUT2D eigenvalue weighted by atomic mass is 10.0. The zero-order chi connectivity index (χ0) is 17.5. The Bertz CT molecular complexity index is 731. The van der Waals surface area contributed by atoms with Crippen LogP contribution in [0.5, 0.6) is 0 Å². The van der Waals surface area contributed by atoms with E-state index in [9.17, 15) is 13.2 Å². The molecule has 1 aromatic carbocycles. The molecule has 3 rings (SSSR count). The number of alkyl halides is 3. The zero-order valence-electron chi connectivity index (χ0n) is 14.4. The van der Waals surface area contributed by atoms with Crippen LogP contribution in [0.4, 0.5) is 13.2 Å². The molecular formula is C18H24F3N3. The number of hydrogen-bond donors (Lipinski definition) is 1. The SMILES string of the molecule is CC(C)N1Cc2cc3c(CCNCC(F)(F)F)cn(C)c3cc2C1. The van der Waals surface area contributed by atoms with Gasteiger partial charge in [-0.05, 0) is 55.6 Å². The molecule has 0 atom stereocenters. The zero-order valence-corrected chi connectivity index (χ0v) is 14.4. The number of halogens is 3. The van der Waals surface area contributed by atoms with E-state index in [1.807, 2.05) is 13.2 Å². The molecule has 0 unspecified atom stereocenters. The van der Waals surface area contributed by atoms with Crippen molar-refractivity contribution in [2.24, 2.45) is 7.05 Å². The van der Waals surface area contributed by atoms with Gasteiger partial charge >= 0.3 is 6.18 Å². The lowest BCUT2D eigenvalue weighted by molar-refractivity contribution is -0.124. The van der Waals surface area contributed by atoms with Crippen molar-refractivity contribution in [2.45, 2.75) is 45.6 Å². The van der Waals surface area contributed by atoms with Gasteiger partial charge in [-0.2, -0.15) is 13.2 Å². The van der Waals surface area contributed by atoms with Crippen LogP contribution in [0.15, 0.2) is 18.3 Å². The van der Waals surface area contributed by atoms with Crippen LogP contribution in [-0.4, -0.2) is 34.8 Å². The Hall–Kier alpha value is -1.53. The molecule has 1 aliphatic heterocycles. The smallest absolute Gasteiger partial charge is 0.350 e. The first kappa shape index (κ1) is 17.3. The summed E-state index contributed by atoms with van der Waals surface area (Å²) in [6, 6.07) is 4.97. The Kier molecular flexibility index (Phi) is 4.62. The minimum atomic E-state index is -4.15. The summed E-state index contributed by atoms with van der Waals surface area (Å²) in [4.78, 5) is 2.42. The maximum Gasteiger partial charge on any atom is 0.401 e. The average Bonchev–Trinajstić information content (AvgIpc) is 3.02. The van der Waals surface area contributed by atoms with E-state index in [-0.39, 0.29) is 0 Å². The second-order valence-corrected chi connectivity index (χ2v) is 6.94. The molecule has 1 aromatic heterocycles. The molecule has 1 N–H and O–H groups in total. The van der Waals surface area contributed by atoms with Gasteiger partial charge in [0.2, 0.25) is 0 Å². The van der Waals surface area contributed by atoms with Gasteiger partial charge in [-0.3, -0.25) is 4.90 Å². The van der Waals surface area contributed by atoms with E-state index in [0.717, 1.165) is 29.6 Å². The number of nitrogens with one attached hydrogen (secondary N) is 1. The van der Waals surface area contributed by atoms with E-state index in [4.69, 9.17) is 0 Å². The molecule has 0 fully saturated rings. The van der Waals surface area contributed by atoms with Crippen LogP contribution in [-0.2, 0) is 26.6 Å². The number of rotatable bonds is 5. The van der Waals surface area contributed by atoms with Crippen LogP contribution in [0.1, 0.15) is 30.5 Å². The summed E-state index contributed by atoms with van der Waals surface area (Å²) in [6.45, 7) is 5.71. The number of benzene rings is 1. The summed E-state index contributed by atoms with van der Waals surface area (Å²) < 4.78 is 38.7. The highest BCUT2D eigenvalue weighted by Gasteiger charge is 2.26. The normalized spacial score (nSPS) is 15.6. The van der Waals surface area contributed by atoms with Gasteiger partial charge in [-0.25, -0.2) is 0 Å². The Morgan fingerprint density at radius 1 is 1.17 bits per heavy atom. The van der Waals surface area contributed by atoms with Crippen LogP contribution in [0, 0.1) is 0 Å². The van der Waals surface area contributed by atoms with E-state index in [1.165, 1.54) is 11.1 Å². The summed E-state index contributed by atoms with van der Waals surface area (Å²) in [5, 5.41) is 3.64. The standard InChI is InChI=1S/C18H24F3N3/c1-12(2)24-9-14-6-16-13(4-5-22-11-18(19,20)21)8-23(3)17(16)7-15(14)10-24/h6-8,12,22H,4-5,9-11H2,1-3H3. The van der Waals surface area contributed by atoms with Gasteiger partial charge < -0.3 is 9.88 Å². The second-order valence-electron chi connectivity index (χ2n) is 6.94. The first-order valence-corrected chi connectivity index (χ1v) is 8.36. The van der Waals surface area contributed by atoms with E-state index in [0.29, 0.717) is 19.0 Å². The van der Waals surface area contributed by atoms with Crippen molar-refractivity contribution in [1.29, 1.82) is 0 Å². The van der Waals surface area contributed by atoms with Gasteiger partial charge in [-0.1, -0.05) is 0 Å². The number of fused-ring (bicyclic) bond motifs is 2. The molecule has 132 valence electrons. The van der Waals surface area contributed by atoms with E-state index >= 15 is 0 Å². The Morgan fingerprint density at radius 3 is 2.46 bits per heavy atom. The number of nitrogens with zero attached hydrogens (tertiary/aromatic N) is 2. The van der Waals surface area contributed by atoms with E-state index < -0.39 is 12.7 Å². The third-order valence-corrected chi connectivity index (χ3v) is 4.77. The maximum atomic E-state index is 12.2. The third kappa shape index (κ3) is 3.59. The molecule has 0 radical (unpaired) electrons. The van der Waals surface area contributed by atoms with Crippen molar-refractivity contribution < 1.29 is 13.2 Å². The van der Waals surface area contributed by atoms with Gasteiger partial charge in [0.1, 0.15) is 0 Å². The molecular weight excluding hydrogens is 315 g/mol. The lowest BCUT2D eigenvalue weighted by Gasteiger charge is -2.18. The minimum Gasteiger partial charge on any atom is -0.350 e. The van der Waals surface area contributed by atoms with Crippen molar-refractivity contribution in [3.8, 4) is 0 Å². The first-order chi connectivity index (χ1) is 11.2. The second kappa shape index (κ2) is 6.41. The van der Waals surface area contributed by atoms with Crippen molar-refractivity contribution in [3.05, 3.63) is 35.0 Å². The van der Waals surface area contributed by atoms with E-state index in [2.05, 4.69) is 40.8 Å². The molecule has 0 aliphatic carbocycles. The highest BCUT2D eigenvalue weighted by molar-refractivity contribution is 5.85. The Balaban J connectivity index is 1.77. The summed E-state index contributed by atoms with van der Waals surface area (Å²) >= 11 is 0. The molecule has 0 saturated heterocycles. The monoisotopic (exact) mass is 339 g/mol. The van der Waals surface area contributed by atoms with Crippen LogP contribution in [0.3, 0.4) is 0 Å². The Labute approximate surface area is 140 Å². The summed E-state index contributed by atoms with van der Waals surface area (Å²) in [6.07, 6.45) is -1.52. The number of aryl methyl sites for hydroxylation is 1. The van der Waals surface area contributed by atoms with Gasteiger partial charge in [0.15, 0.2) is 0 Å². The fourth-order valence-corrected chi connectivity index (χ4v) is 3.40. The van der Waals surface area contributed by atoms with Gasteiger partial charge in [0, 0.05) is 43.3 Å². The molecule has 0 spiro atoms. The average molecular weight is 339 g/mol. The van der Waals surface area contributed by atoms with Crippen molar-refractivity contribution in [2.75, 3.05) is 13.1 Å². The Morgan fingerprint density at radius 2 is 1.83 bits per heavy atom. The van der Waals surface area contributed by atoms with E-state index in [1.54, 1.807) is 0 Å². The largest absolute Gasteiger partial charge is 0.401 e. The van der Waals surface area contributed by atoms with Gasteiger partial charge in [0.05, 0.1) is 6.54 Å². The molecule has 0 amide bonds. The molecule has 0 bridgehead atoms. The predicted octanol–water partition coefficient (Wildman–Crippen LogP) is 3.60. The van der Waals surface area contributed by atoms with Crippen molar-refractivity contribution in [1.82, 2.24) is 14.8 Å². The molecule has 6 heteroatoms. The van der Waals surface area contributed by atoms with Gasteiger partial charge in [-0.15, -0.1) is 0 Å². The fourth-order valence-electron chi connectivity index (χ4n) is 3.40. The molecule has 2 heterocycles. The topological polar surface area (TPSA) is 20.2 Å². The van der Waals surface area contributed by atoms with Crippen LogP contribution >= 0.6 is 0 Å². The lowest BCUT2D eigenvalue weighted by Crippen LogP contribution is -2.30. The highest BCUT2D eigenvalue weighted by Crippen LogP contribution is 2.31. The molecule has 1 aliphatic rings. The maximum absolute atomic E-state index is 12.2. The minimum absolute atomic E-state index is 0.327. The predicted molar refractivity (Wildman–Crippen MR) is 89.9 cm³/mol. The quantitative estimate of drug-likeness (QED) is 0.840. The summed E-state index contributed by atoms with van der Waals surface area (Å²) in [7, 11) is 2.00. The first-order valence-electron chi connectivity index (χ1n) is 8.36. The molecule has 0 saturated carbocycles. The van der Waals surface area contributed by atoms with Crippen LogP contribution in [0.2, 0.25) is 0 Å². The number of aromatic nitrogens is 1. The highest BCUT2D eigenvalue weighted by atomic mass is 19.4. The van der Waals surface area contributed by atoms with Crippen molar-refractivity contribution in [3.63, 3.8) is 0 Å². The molecule has 3 nitrogen and oxygen atoms in total. The summed E-state index contributed by atoms with van der Waals surface area (Å²) in [5.74, 6) is 0. The van der Waals surface area contributed by atoms with Crippen molar-refractivity contribution >= 4 is 10.9 Å². The third-order valence-electron chi connectivity index (χ3n) is 4.77. The fraction of sp³-hybridized carbons (Fsp3) is 0.556. The van der Waals surface area contributed by atoms with Crippen LogP contribution in [0.25, 0.3) is 10.9 Å². The molecule has 24 heavy (non-hydrogen) atoms. The molecule has 2 aromatic rings.